The summed E-state index contributed by atoms with van der Waals surface area (Å²) in [6, 6.07) is 6.75. The molecule has 12 nitrogen and oxygen atoms in total. The summed E-state index contributed by atoms with van der Waals surface area (Å²) in [4.78, 5) is 50.2. The summed E-state index contributed by atoms with van der Waals surface area (Å²) in [6.07, 6.45) is -0.0493. The Morgan fingerprint density at radius 1 is 0.977 bits per heavy atom. The van der Waals surface area contributed by atoms with E-state index in [1.807, 2.05) is 33.8 Å². The van der Waals surface area contributed by atoms with Crippen molar-refractivity contribution in [2.24, 2.45) is 5.92 Å². The molecule has 43 heavy (non-hydrogen) atoms. The van der Waals surface area contributed by atoms with Crippen molar-refractivity contribution >= 4 is 31.2 Å². The van der Waals surface area contributed by atoms with Crippen LogP contribution in [0.1, 0.15) is 80.2 Å². The quantitative estimate of drug-likeness (QED) is 0.227. The number of carbonyl (C=O) groups excluding carboxylic acids is 3. The monoisotopic (exact) mass is 605 g/mol. The van der Waals surface area contributed by atoms with E-state index >= 15 is 0 Å². The lowest BCUT2D eigenvalue weighted by Crippen LogP contribution is -2.52. The Kier molecular flexibility index (Phi) is 12.9. The lowest BCUT2D eigenvalue weighted by molar-refractivity contribution is -0.141. The van der Waals surface area contributed by atoms with Crippen molar-refractivity contribution < 1.29 is 43.1 Å². The predicted molar refractivity (Wildman–Crippen MR) is 161 cm³/mol. The molecule has 3 amide bonds. The maximum atomic E-state index is 13.0. The number of amides is 3. The van der Waals surface area contributed by atoms with Gasteiger partial charge in [0.1, 0.15) is 24.3 Å². The second-order valence-corrected chi connectivity index (χ2v) is 12.8. The van der Waals surface area contributed by atoms with Gasteiger partial charge in [-0.1, -0.05) is 43.7 Å². The molecule has 1 fully saturated rings. The third-order valence-corrected chi connectivity index (χ3v) is 7.49. The number of hydrogen-bond acceptors (Lipinski definition) is 8. The van der Waals surface area contributed by atoms with Crippen molar-refractivity contribution in [3.63, 3.8) is 0 Å². The number of rotatable bonds is 14. The van der Waals surface area contributed by atoms with Crippen LogP contribution < -0.4 is 16.0 Å². The van der Waals surface area contributed by atoms with Crippen LogP contribution in [0.5, 0.6) is 0 Å². The molecular formula is C30H48BN3O9. The number of benzene rings is 1. The third-order valence-electron chi connectivity index (χ3n) is 7.49. The Morgan fingerprint density at radius 3 is 2.12 bits per heavy atom. The Morgan fingerprint density at radius 2 is 1.58 bits per heavy atom. The fraction of sp³-hybridized carbons (Fsp3) is 0.667. The van der Waals surface area contributed by atoms with E-state index in [2.05, 4.69) is 16.0 Å². The van der Waals surface area contributed by atoms with E-state index in [-0.39, 0.29) is 19.6 Å². The molecule has 0 bridgehead atoms. The van der Waals surface area contributed by atoms with Gasteiger partial charge in [-0.3, -0.25) is 4.79 Å². The molecule has 2 unspecified atom stereocenters. The van der Waals surface area contributed by atoms with E-state index in [0.29, 0.717) is 19.2 Å². The molecule has 2 rings (SSSR count). The molecule has 3 atom stereocenters. The van der Waals surface area contributed by atoms with Crippen molar-refractivity contribution in [1.82, 2.24) is 16.0 Å². The van der Waals surface area contributed by atoms with Gasteiger partial charge in [0.2, 0.25) is 5.91 Å². The Labute approximate surface area is 255 Å². The molecule has 0 aromatic heterocycles. The molecule has 1 aliphatic rings. The van der Waals surface area contributed by atoms with Crippen molar-refractivity contribution in [1.29, 1.82) is 0 Å². The summed E-state index contributed by atoms with van der Waals surface area (Å²) in [5.74, 6) is -2.49. The topological polar surface area (TPSA) is 162 Å². The maximum absolute atomic E-state index is 13.0. The summed E-state index contributed by atoms with van der Waals surface area (Å²) < 4.78 is 22.6. The molecule has 1 aliphatic heterocycles. The Hall–Kier alpha value is -3.32. The van der Waals surface area contributed by atoms with Crippen LogP contribution in [-0.4, -0.2) is 71.7 Å². The Bertz CT molecular complexity index is 1080. The molecule has 1 saturated heterocycles. The van der Waals surface area contributed by atoms with Crippen LogP contribution >= 0.6 is 0 Å². The molecular weight excluding hydrogens is 557 g/mol. The molecule has 4 N–H and O–H groups in total. The van der Waals surface area contributed by atoms with Crippen LogP contribution in [0.15, 0.2) is 30.3 Å². The summed E-state index contributed by atoms with van der Waals surface area (Å²) in [5.41, 5.74) is -1.00. The average Bonchev–Trinajstić information content (AvgIpc) is 3.11. The zero-order valence-electron chi connectivity index (χ0n) is 26.7. The van der Waals surface area contributed by atoms with E-state index in [0.717, 1.165) is 5.56 Å². The number of carbonyl (C=O) groups is 4. The van der Waals surface area contributed by atoms with Gasteiger partial charge in [-0.15, -0.1) is 0 Å². The third kappa shape index (κ3) is 11.7. The molecule has 1 aromatic carbocycles. The summed E-state index contributed by atoms with van der Waals surface area (Å²) in [6.45, 7) is 14.6. The highest BCUT2D eigenvalue weighted by molar-refractivity contribution is 6.45. The second-order valence-electron chi connectivity index (χ2n) is 12.8. The van der Waals surface area contributed by atoms with Gasteiger partial charge in [0.25, 0.3) is 0 Å². The first-order valence-corrected chi connectivity index (χ1v) is 14.8. The van der Waals surface area contributed by atoms with Crippen molar-refractivity contribution in [2.45, 2.75) is 116 Å². The normalized spacial score (nSPS) is 17.7. The van der Waals surface area contributed by atoms with Crippen LogP contribution in [0.2, 0.25) is 6.32 Å². The number of ether oxygens (including phenoxy) is 2. The van der Waals surface area contributed by atoms with Gasteiger partial charge >= 0.3 is 25.3 Å². The predicted octanol–water partition coefficient (Wildman–Crippen LogP) is 4.27. The highest BCUT2D eigenvalue weighted by atomic mass is 16.7. The summed E-state index contributed by atoms with van der Waals surface area (Å²) in [5, 5.41) is 17.8. The summed E-state index contributed by atoms with van der Waals surface area (Å²) in [7, 11) is -0.477. The lowest BCUT2D eigenvalue weighted by Gasteiger charge is -2.32. The molecule has 0 saturated carbocycles. The van der Waals surface area contributed by atoms with Crippen molar-refractivity contribution in [3.05, 3.63) is 35.9 Å². The van der Waals surface area contributed by atoms with Gasteiger partial charge in [0, 0.05) is 12.5 Å². The first-order valence-electron chi connectivity index (χ1n) is 14.8. The number of hydrogen-bond donors (Lipinski definition) is 4. The minimum absolute atomic E-state index is 0.0309. The van der Waals surface area contributed by atoms with E-state index in [1.54, 1.807) is 52.0 Å². The van der Waals surface area contributed by atoms with Crippen LogP contribution in [0.4, 0.5) is 9.59 Å². The van der Waals surface area contributed by atoms with Crippen LogP contribution in [0.25, 0.3) is 0 Å². The zero-order valence-corrected chi connectivity index (χ0v) is 26.7. The SMILES string of the molecule is CC[C@H](NC(=O)OC(C)(C)C)C(=O)NCC(CCCB1OC(C)(C)C(C)(C)O1)C(NC(=O)OCc1ccccc1)C(=O)O. The average molecular weight is 606 g/mol. The lowest BCUT2D eigenvalue weighted by atomic mass is 9.80. The molecule has 0 spiro atoms. The van der Waals surface area contributed by atoms with E-state index in [9.17, 15) is 24.3 Å². The number of alkyl carbamates (subject to hydrolysis) is 2. The van der Waals surface area contributed by atoms with Gasteiger partial charge in [0.05, 0.1) is 11.2 Å². The van der Waals surface area contributed by atoms with E-state index in [1.165, 1.54) is 0 Å². The zero-order chi connectivity index (χ0) is 32.4. The number of nitrogens with one attached hydrogen (secondary N) is 3. The van der Waals surface area contributed by atoms with Gasteiger partial charge in [-0.05, 0) is 73.2 Å². The highest BCUT2D eigenvalue weighted by Crippen LogP contribution is 2.38. The van der Waals surface area contributed by atoms with E-state index < -0.39 is 66.0 Å². The van der Waals surface area contributed by atoms with Crippen molar-refractivity contribution in [2.75, 3.05) is 6.54 Å². The molecule has 1 aromatic rings. The largest absolute Gasteiger partial charge is 0.480 e. The van der Waals surface area contributed by atoms with E-state index in [4.69, 9.17) is 18.8 Å². The molecule has 240 valence electrons. The first kappa shape index (κ1) is 35.9. The fourth-order valence-corrected chi connectivity index (χ4v) is 4.45. The van der Waals surface area contributed by atoms with Gasteiger partial charge in [-0.25, -0.2) is 14.4 Å². The molecule has 1 heterocycles. The smallest absolute Gasteiger partial charge is 0.457 e. The van der Waals surface area contributed by atoms with Crippen LogP contribution in [0, 0.1) is 5.92 Å². The Balaban J connectivity index is 2.09. The van der Waals surface area contributed by atoms with Gasteiger partial charge in [0.15, 0.2) is 0 Å². The van der Waals surface area contributed by atoms with Crippen LogP contribution in [-0.2, 0) is 35.0 Å². The highest BCUT2D eigenvalue weighted by Gasteiger charge is 2.50. The maximum Gasteiger partial charge on any atom is 0.457 e. The standard InChI is InChI=1S/C30H48BN3O9/c1-9-22(33-27(39)41-28(2,3)4)24(35)32-18-21(16-13-17-31-42-29(5,6)30(7,8)43-31)23(25(36)37)34-26(38)40-19-20-14-11-10-12-15-20/h10-12,14-15,21-23H,9,13,16-19H2,1-8H3,(H,32,35)(H,33,39)(H,34,38)(H,36,37)/t21?,22-,23?/m0/s1. The minimum Gasteiger partial charge on any atom is -0.480 e. The van der Waals surface area contributed by atoms with Crippen molar-refractivity contribution in [3.8, 4) is 0 Å². The van der Waals surface area contributed by atoms with Gasteiger partial charge < -0.3 is 39.8 Å². The van der Waals surface area contributed by atoms with Crippen LogP contribution in [0.3, 0.4) is 0 Å². The minimum atomic E-state index is -1.36. The summed E-state index contributed by atoms with van der Waals surface area (Å²) >= 11 is 0. The number of aliphatic carboxylic acids is 1. The first-order chi connectivity index (χ1) is 19.9. The fourth-order valence-electron chi connectivity index (χ4n) is 4.45. The molecule has 0 aliphatic carbocycles. The number of carboxylic acid groups (broad SMARTS) is 1. The number of carboxylic acids is 1. The second kappa shape index (κ2) is 15.4. The molecule has 13 heteroatoms. The molecule has 0 radical (unpaired) electrons. The van der Waals surface area contributed by atoms with Gasteiger partial charge in [-0.2, -0.15) is 0 Å².